The first kappa shape index (κ1) is 14.6. The average Bonchev–Trinajstić information content (AvgIpc) is 2.32. The Balaban J connectivity index is 2.28. The molecule has 0 heterocycles. The van der Waals surface area contributed by atoms with Crippen LogP contribution in [0.25, 0.3) is 0 Å². The number of benzene rings is 1. The molecule has 1 unspecified atom stereocenters. The minimum atomic E-state index is -0.596. The van der Waals surface area contributed by atoms with Crippen LogP contribution in [0.1, 0.15) is 5.56 Å². The number of para-hydroxylation sites is 1. The summed E-state index contributed by atoms with van der Waals surface area (Å²) in [6.07, 6.45) is -0.596. The summed E-state index contributed by atoms with van der Waals surface area (Å²) in [7, 11) is 1.52. The maximum Gasteiger partial charge on any atom is 0.238 e. The van der Waals surface area contributed by atoms with Crippen LogP contribution in [0.2, 0.25) is 0 Å². The van der Waals surface area contributed by atoms with Crippen LogP contribution in [0.5, 0.6) is 0 Å². The van der Waals surface area contributed by atoms with E-state index in [4.69, 9.17) is 4.74 Å². The number of aryl methyl sites for hydroxylation is 1. The maximum absolute atomic E-state index is 11.6. The van der Waals surface area contributed by atoms with Crippen LogP contribution in [0.15, 0.2) is 24.3 Å². The van der Waals surface area contributed by atoms with E-state index in [1.165, 1.54) is 7.11 Å². The van der Waals surface area contributed by atoms with Crippen LogP contribution in [-0.4, -0.2) is 43.9 Å². The van der Waals surface area contributed by atoms with Crippen LogP contribution < -0.4 is 10.6 Å². The van der Waals surface area contributed by atoms with Crippen molar-refractivity contribution in [2.45, 2.75) is 13.0 Å². The predicted octanol–water partition coefficient (Wildman–Crippen LogP) is 0.530. The second-order valence-corrected chi connectivity index (χ2v) is 4.10. The second-order valence-electron chi connectivity index (χ2n) is 4.10. The first-order valence-electron chi connectivity index (χ1n) is 5.86. The van der Waals surface area contributed by atoms with Crippen molar-refractivity contribution >= 4 is 11.6 Å². The van der Waals surface area contributed by atoms with Gasteiger partial charge < -0.3 is 20.5 Å². The molecule has 0 aliphatic heterocycles. The van der Waals surface area contributed by atoms with E-state index in [0.717, 1.165) is 11.3 Å². The molecule has 1 aromatic rings. The van der Waals surface area contributed by atoms with Crippen molar-refractivity contribution < 1.29 is 14.6 Å². The van der Waals surface area contributed by atoms with Gasteiger partial charge in [-0.3, -0.25) is 4.79 Å². The van der Waals surface area contributed by atoms with E-state index in [1.54, 1.807) is 0 Å². The number of methoxy groups -OCH3 is 1. The van der Waals surface area contributed by atoms with Crippen LogP contribution in [-0.2, 0) is 9.53 Å². The SMILES string of the molecule is COCC(O)CNCC(=O)Nc1ccccc1C. The molecular formula is C13H20N2O3. The highest BCUT2D eigenvalue weighted by atomic mass is 16.5. The second kappa shape index (κ2) is 7.81. The van der Waals surface area contributed by atoms with E-state index in [2.05, 4.69) is 10.6 Å². The van der Waals surface area contributed by atoms with Gasteiger partial charge in [-0.05, 0) is 18.6 Å². The number of aliphatic hydroxyl groups excluding tert-OH is 1. The summed E-state index contributed by atoms with van der Waals surface area (Å²) in [5.41, 5.74) is 1.83. The Labute approximate surface area is 107 Å². The topological polar surface area (TPSA) is 70.6 Å². The van der Waals surface area contributed by atoms with Gasteiger partial charge in [-0.1, -0.05) is 18.2 Å². The molecule has 0 aliphatic rings. The number of carbonyl (C=O) groups is 1. The van der Waals surface area contributed by atoms with Gasteiger partial charge in [0.15, 0.2) is 0 Å². The molecular weight excluding hydrogens is 232 g/mol. The van der Waals surface area contributed by atoms with Crippen molar-refractivity contribution in [3.8, 4) is 0 Å². The molecule has 5 heteroatoms. The van der Waals surface area contributed by atoms with Crippen LogP contribution in [0.3, 0.4) is 0 Å². The first-order chi connectivity index (χ1) is 8.63. The van der Waals surface area contributed by atoms with E-state index < -0.39 is 6.10 Å². The molecule has 18 heavy (non-hydrogen) atoms. The largest absolute Gasteiger partial charge is 0.389 e. The first-order valence-corrected chi connectivity index (χ1v) is 5.86. The highest BCUT2D eigenvalue weighted by molar-refractivity contribution is 5.92. The van der Waals surface area contributed by atoms with Crippen LogP contribution >= 0.6 is 0 Å². The summed E-state index contributed by atoms with van der Waals surface area (Å²) in [6.45, 7) is 2.68. The number of hydrogen-bond acceptors (Lipinski definition) is 4. The minimum Gasteiger partial charge on any atom is -0.389 e. The smallest absolute Gasteiger partial charge is 0.238 e. The van der Waals surface area contributed by atoms with Gasteiger partial charge >= 0.3 is 0 Å². The molecule has 1 amide bonds. The lowest BCUT2D eigenvalue weighted by atomic mass is 10.2. The normalized spacial score (nSPS) is 12.2. The number of hydrogen-bond donors (Lipinski definition) is 3. The summed E-state index contributed by atoms with van der Waals surface area (Å²) < 4.78 is 4.78. The lowest BCUT2D eigenvalue weighted by molar-refractivity contribution is -0.115. The zero-order valence-electron chi connectivity index (χ0n) is 10.8. The van der Waals surface area contributed by atoms with E-state index in [-0.39, 0.29) is 19.1 Å². The molecule has 0 saturated heterocycles. The number of rotatable bonds is 7. The molecule has 0 aromatic heterocycles. The van der Waals surface area contributed by atoms with Gasteiger partial charge in [0.05, 0.1) is 19.3 Å². The third kappa shape index (κ3) is 5.27. The Morgan fingerprint density at radius 2 is 2.17 bits per heavy atom. The number of aliphatic hydroxyl groups is 1. The van der Waals surface area contributed by atoms with Gasteiger partial charge in [0, 0.05) is 19.3 Å². The van der Waals surface area contributed by atoms with E-state index >= 15 is 0 Å². The van der Waals surface area contributed by atoms with Crippen LogP contribution in [0, 0.1) is 6.92 Å². The van der Waals surface area contributed by atoms with Crippen molar-refractivity contribution in [2.24, 2.45) is 0 Å². The van der Waals surface area contributed by atoms with E-state index in [0.29, 0.717) is 6.54 Å². The quantitative estimate of drug-likeness (QED) is 0.662. The molecule has 1 rings (SSSR count). The molecule has 1 aromatic carbocycles. The monoisotopic (exact) mass is 252 g/mol. The molecule has 100 valence electrons. The number of nitrogens with one attached hydrogen (secondary N) is 2. The van der Waals surface area contributed by atoms with Gasteiger partial charge in [0.1, 0.15) is 0 Å². The van der Waals surface area contributed by atoms with Gasteiger partial charge in [0.2, 0.25) is 5.91 Å². The molecule has 0 aliphatic carbocycles. The standard InChI is InChI=1S/C13H20N2O3/c1-10-5-3-4-6-12(10)15-13(17)8-14-7-11(16)9-18-2/h3-6,11,14,16H,7-9H2,1-2H3,(H,15,17). The lowest BCUT2D eigenvalue weighted by Crippen LogP contribution is -2.35. The van der Waals surface area contributed by atoms with Crippen molar-refractivity contribution in [1.82, 2.24) is 5.32 Å². The highest BCUT2D eigenvalue weighted by Gasteiger charge is 2.06. The molecule has 5 nitrogen and oxygen atoms in total. The van der Waals surface area contributed by atoms with Crippen molar-refractivity contribution in [3.63, 3.8) is 0 Å². The van der Waals surface area contributed by atoms with Gasteiger partial charge in [-0.2, -0.15) is 0 Å². The minimum absolute atomic E-state index is 0.131. The van der Waals surface area contributed by atoms with Gasteiger partial charge in [-0.15, -0.1) is 0 Å². The molecule has 3 N–H and O–H groups in total. The Bertz CT molecular complexity index is 382. The maximum atomic E-state index is 11.6. The average molecular weight is 252 g/mol. The van der Waals surface area contributed by atoms with Gasteiger partial charge in [-0.25, -0.2) is 0 Å². The van der Waals surface area contributed by atoms with E-state index in [1.807, 2.05) is 31.2 Å². The predicted molar refractivity (Wildman–Crippen MR) is 70.6 cm³/mol. The summed E-state index contributed by atoms with van der Waals surface area (Å²) in [5, 5.41) is 15.0. The molecule has 0 fully saturated rings. The Morgan fingerprint density at radius 1 is 1.44 bits per heavy atom. The van der Waals surface area contributed by atoms with E-state index in [9.17, 15) is 9.90 Å². The van der Waals surface area contributed by atoms with Crippen LogP contribution in [0.4, 0.5) is 5.69 Å². The Morgan fingerprint density at radius 3 is 2.83 bits per heavy atom. The fourth-order valence-electron chi connectivity index (χ4n) is 1.51. The lowest BCUT2D eigenvalue weighted by Gasteiger charge is -2.11. The zero-order chi connectivity index (χ0) is 13.4. The summed E-state index contributed by atoms with van der Waals surface area (Å²) in [6, 6.07) is 7.58. The number of amides is 1. The van der Waals surface area contributed by atoms with Crippen molar-refractivity contribution in [1.29, 1.82) is 0 Å². The third-order valence-electron chi connectivity index (χ3n) is 2.44. The summed E-state index contributed by atoms with van der Waals surface area (Å²) >= 11 is 0. The summed E-state index contributed by atoms with van der Waals surface area (Å²) in [5.74, 6) is -0.131. The molecule has 0 radical (unpaired) electrons. The number of anilines is 1. The van der Waals surface area contributed by atoms with Crippen molar-refractivity contribution in [2.75, 3.05) is 32.1 Å². The summed E-state index contributed by atoms with van der Waals surface area (Å²) in [4.78, 5) is 11.6. The fraction of sp³-hybridized carbons (Fsp3) is 0.462. The number of carbonyl (C=O) groups excluding carboxylic acids is 1. The molecule has 0 spiro atoms. The molecule has 0 bridgehead atoms. The highest BCUT2D eigenvalue weighted by Crippen LogP contribution is 2.12. The fourth-order valence-corrected chi connectivity index (χ4v) is 1.51. The molecule has 1 atom stereocenters. The Hall–Kier alpha value is -1.43. The van der Waals surface area contributed by atoms with Gasteiger partial charge in [0.25, 0.3) is 0 Å². The third-order valence-corrected chi connectivity index (χ3v) is 2.44. The molecule has 0 saturated carbocycles. The zero-order valence-corrected chi connectivity index (χ0v) is 10.8. The van der Waals surface area contributed by atoms with Crippen molar-refractivity contribution in [3.05, 3.63) is 29.8 Å². The number of ether oxygens (including phenoxy) is 1. The Kier molecular flexibility index (Phi) is 6.35.